The fourth-order valence-corrected chi connectivity index (χ4v) is 1.46. The average Bonchev–Trinajstić information content (AvgIpc) is 2.28. The van der Waals surface area contributed by atoms with E-state index >= 15 is 0 Å². The van der Waals surface area contributed by atoms with Gasteiger partial charge >= 0.3 is 5.97 Å². The van der Waals surface area contributed by atoms with Gasteiger partial charge in [0, 0.05) is 6.42 Å². The first-order valence-electron chi connectivity index (χ1n) is 6.49. The van der Waals surface area contributed by atoms with Crippen LogP contribution in [0.2, 0.25) is 0 Å². The number of ketones is 1. The summed E-state index contributed by atoms with van der Waals surface area (Å²) in [6, 6.07) is -0.510. The minimum Gasteiger partial charge on any atom is -0.465 e. The molecule has 0 aromatic rings. The molecular weight excluding hydrogens is 218 g/mol. The third-order valence-corrected chi connectivity index (χ3v) is 2.59. The van der Waals surface area contributed by atoms with Crippen molar-refractivity contribution >= 4 is 11.8 Å². The highest BCUT2D eigenvalue weighted by Crippen LogP contribution is 2.06. The lowest BCUT2D eigenvalue weighted by Crippen LogP contribution is -2.32. The molecule has 1 atom stereocenters. The minimum absolute atomic E-state index is 0.216. The van der Waals surface area contributed by atoms with E-state index in [2.05, 4.69) is 0 Å². The molecule has 0 fully saturated rings. The van der Waals surface area contributed by atoms with E-state index in [9.17, 15) is 9.59 Å². The normalized spacial score (nSPS) is 12.2. The van der Waals surface area contributed by atoms with Crippen LogP contribution in [0.5, 0.6) is 0 Å². The number of ether oxygens (including phenoxy) is 1. The third-order valence-electron chi connectivity index (χ3n) is 2.59. The van der Waals surface area contributed by atoms with Gasteiger partial charge in [0.15, 0.2) is 0 Å². The molecule has 4 heteroatoms. The maximum Gasteiger partial charge on any atom is 0.322 e. The van der Waals surface area contributed by atoms with Gasteiger partial charge in [-0.15, -0.1) is 0 Å². The van der Waals surface area contributed by atoms with Crippen LogP contribution in [0.1, 0.15) is 58.8 Å². The average molecular weight is 243 g/mol. The fraction of sp³-hybridized carbons (Fsp3) is 0.846. The zero-order valence-corrected chi connectivity index (χ0v) is 11.0. The van der Waals surface area contributed by atoms with E-state index in [-0.39, 0.29) is 11.8 Å². The summed E-state index contributed by atoms with van der Waals surface area (Å²) in [5, 5.41) is 0. The fourth-order valence-electron chi connectivity index (χ4n) is 1.46. The van der Waals surface area contributed by atoms with E-state index in [1.54, 1.807) is 6.92 Å². The van der Waals surface area contributed by atoms with E-state index < -0.39 is 6.04 Å². The van der Waals surface area contributed by atoms with Crippen LogP contribution in [0.15, 0.2) is 0 Å². The Morgan fingerprint density at radius 2 is 1.88 bits per heavy atom. The summed E-state index contributed by atoms with van der Waals surface area (Å²) in [4.78, 5) is 22.1. The molecule has 0 amide bonds. The van der Waals surface area contributed by atoms with Crippen LogP contribution in [0, 0.1) is 0 Å². The molecule has 0 heterocycles. The number of nitrogens with two attached hydrogens (primary N) is 1. The molecule has 0 saturated heterocycles. The lowest BCUT2D eigenvalue weighted by atomic mass is 10.1. The molecule has 2 N–H and O–H groups in total. The smallest absolute Gasteiger partial charge is 0.322 e. The Bertz CT molecular complexity index is 229. The molecule has 0 aromatic carbocycles. The summed E-state index contributed by atoms with van der Waals surface area (Å²) in [6.07, 6.45) is 5.85. The van der Waals surface area contributed by atoms with Gasteiger partial charge in [-0.3, -0.25) is 4.79 Å². The summed E-state index contributed by atoms with van der Waals surface area (Å²) in [5.74, 6) is -0.0849. The maximum atomic E-state index is 11.4. The van der Waals surface area contributed by atoms with Gasteiger partial charge < -0.3 is 15.3 Å². The summed E-state index contributed by atoms with van der Waals surface area (Å²) < 4.78 is 5.02. The first kappa shape index (κ1) is 16.1. The minimum atomic E-state index is -0.510. The van der Waals surface area contributed by atoms with E-state index in [1.807, 2.05) is 6.92 Å². The van der Waals surface area contributed by atoms with Crippen LogP contribution >= 0.6 is 0 Å². The number of hydrogen-bond donors (Lipinski definition) is 1. The van der Waals surface area contributed by atoms with Crippen molar-refractivity contribution in [3.63, 3.8) is 0 Å². The maximum absolute atomic E-state index is 11.4. The van der Waals surface area contributed by atoms with E-state index in [0.29, 0.717) is 19.4 Å². The molecule has 17 heavy (non-hydrogen) atoms. The van der Waals surface area contributed by atoms with Crippen LogP contribution in [0.3, 0.4) is 0 Å². The molecule has 0 bridgehead atoms. The van der Waals surface area contributed by atoms with Crippen molar-refractivity contribution in [2.75, 3.05) is 6.61 Å². The van der Waals surface area contributed by atoms with Crippen molar-refractivity contribution in [2.24, 2.45) is 5.73 Å². The molecule has 0 saturated carbocycles. The Balaban J connectivity index is 3.46. The molecule has 0 rings (SSSR count). The summed E-state index contributed by atoms with van der Waals surface area (Å²) in [7, 11) is 0. The monoisotopic (exact) mass is 243 g/mol. The van der Waals surface area contributed by atoms with Gasteiger partial charge in [0.1, 0.15) is 11.8 Å². The van der Waals surface area contributed by atoms with Gasteiger partial charge in [-0.2, -0.15) is 0 Å². The number of rotatable bonds is 10. The number of Topliss-reactive ketones (excluding diaryl/α,β-unsaturated/α-hetero) is 1. The Morgan fingerprint density at radius 1 is 1.18 bits per heavy atom. The lowest BCUT2D eigenvalue weighted by molar-refractivity contribution is -0.145. The van der Waals surface area contributed by atoms with Gasteiger partial charge in [-0.1, -0.05) is 26.2 Å². The first-order valence-corrected chi connectivity index (χ1v) is 6.49. The SMILES string of the molecule is CCCCOC(=O)C(N)CCCCCC(C)=O. The molecule has 0 aliphatic carbocycles. The number of esters is 1. The highest BCUT2D eigenvalue weighted by molar-refractivity contribution is 5.75. The molecule has 0 aliphatic rings. The molecule has 1 unspecified atom stereocenters. The zero-order chi connectivity index (χ0) is 13.1. The third kappa shape index (κ3) is 10.00. The van der Waals surface area contributed by atoms with Crippen molar-refractivity contribution < 1.29 is 14.3 Å². The molecule has 100 valence electrons. The molecule has 4 nitrogen and oxygen atoms in total. The number of unbranched alkanes of at least 4 members (excludes halogenated alkanes) is 3. The topological polar surface area (TPSA) is 69.4 Å². The van der Waals surface area contributed by atoms with Crippen LogP contribution < -0.4 is 5.73 Å². The van der Waals surface area contributed by atoms with Crippen LogP contribution in [-0.4, -0.2) is 24.4 Å². The van der Waals surface area contributed by atoms with Gasteiger partial charge in [0.25, 0.3) is 0 Å². The summed E-state index contributed by atoms with van der Waals surface area (Å²) >= 11 is 0. The Kier molecular flexibility index (Phi) is 9.72. The Labute approximate surface area is 104 Å². The van der Waals surface area contributed by atoms with E-state index in [0.717, 1.165) is 32.1 Å². The van der Waals surface area contributed by atoms with E-state index in [4.69, 9.17) is 10.5 Å². The predicted octanol–water partition coefficient (Wildman–Crippen LogP) is 2.20. The summed E-state index contributed by atoms with van der Waals surface area (Å²) in [6.45, 7) is 4.10. The van der Waals surface area contributed by atoms with Crippen molar-refractivity contribution in [1.29, 1.82) is 0 Å². The van der Waals surface area contributed by atoms with Crippen molar-refractivity contribution in [2.45, 2.75) is 64.8 Å². The number of carbonyl (C=O) groups excluding carboxylic acids is 2. The Morgan fingerprint density at radius 3 is 2.47 bits per heavy atom. The van der Waals surface area contributed by atoms with Crippen molar-refractivity contribution in [1.82, 2.24) is 0 Å². The Hall–Kier alpha value is -0.900. The van der Waals surface area contributed by atoms with Crippen LogP contribution in [0.4, 0.5) is 0 Å². The van der Waals surface area contributed by atoms with Gasteiger partial charge in [-0.05, 0) is 26.2 Å². The van der Waals surface area contributed by atoms with Crippen LogP contribution in [-0.2, 0) is 14.3 Å². The lowest BCUT2D eigenvalue weighted by Gasteiger charge is -2.10. The number of hydrogen-bond acceptors (Lipinski definition) is 4. The van der Waals surface area contributed by atoms with Crippen LogP contribution in [0.25, 0.3) is 0 Å². The quantitative estimate of drug-likeness (QED) is 0.471. The largest absolute Gasteiger partial charge is 0.465 e. The van der Waals surface area contributed by atoms with Gasteiger partial charge in [0.05, 0.1) is 6.61 Å². The number of carbonyl (C=O) groups is 2. The second-order valence-corrected chi connectivity index (χ2v) is 4.43. The molecule has 0 spiro atoms. The molecule has 0 radical (unpaired) electrons. The molecule has 0 aliphatic heterocycles. The molecule has 0 aromatic heterocycles. The zero-order valence-electron chi connectivity index (χ0n) is 11.0. The highest BCUT2D eigenvalue weighted by atomic mass is 16.5. The van der Waals surface area contributed by atoms with Gasteiger partial charge in [-0.25, -0.2) is 0 Å². The van der Waals surface area contributed by atoms with Crippen molar-refractivity contribution in [3.05, 3.63) is 0 Å². The van der Waals surface area contributed by atoms with Crippen molar-refractivity contribution in [3.8, 4) is 0 Å². The van der Waals surface area contributed by atoms with E-state index in [1.165, 1.54) is 0 Å². The molecular formula is C13H25NO3. The highest BCUT2D eigenvalue weighted by Gasteiger charge is 2.13. The standard InChI is InChI=1S/C13H25NO3/c1-3-4-10-17-13(16)12(14)9-7-5-6-8-11(2)15/h12H,3-10,14H2,1-2H3. The second-order valence-electron chi connectivity index (χ2n) is 4.43. The summed E-state index contributed by atoms with van der Waals surface area (Å²) in [5.41, 5.74) is 5.70. The second kappa shape index (κ2) is 10.3. The first-order chi connectivity index (χ1) is 8.07. The predicted molar refractivity (Wildman–Crippen MR) is 67.6 cm³/mol. The van der Waals surface area contributed by atoms with Gasteiger partial charge in [0.2, 0.25) is 0 Å².